The number of anilines is 1. The fourth-order valence-electron chi connectivity index (χ4n) is 5.20. The second-order valence-corrected chi connectivity index (χ2v) is 12.2. The quantitative estimate of drug-likeness (QED) is 0.356. The van der Waals surface area contributed by atoms with E-state index in [2.05, 4.69) is 4.72 Å². The van der Waals surface area contributed by atoms with Gasteiger partial charge in [-0.05, 0) is 63.9 Å². The van der Waals surface area contributed by atoms with Crippen LogP contribution in [0, 0.1) is 6.92 Å². The summed E-state index contributed by atoms with van der Waals surface area (Å²) < 4.78 is 37.4. The molecule has 0 unspecified atom stereocenters. The fourth-order valence-corrected chi connectivity index (χ4v) is 6.54. The van der Waals surface area contributed by atoms with E-state index >= 15 is 0 Å². The lowest BCUT2D eigenvalue weighted by Crippen LogP contribution is -2.46. The molecule has 1 aliphatic carbocycles. The van der Waals surface area contributed by atoms with Crippen LogP contribution in [0.5, 0.6) is 0 Å². The molecule has 10 nitrogen and oxygen atoms in total. The number of rotatable bonds is 9. The Bertz CT molecular complexity index is 1590. The zero-order chi connectivity index (χ0) is 29.9. The third-order valence-electron chi connectivity index (χ3n) is 7.53. The van der Waals surface area contributed by atoms with Crippen molar-refractivity contribution in [1.29, 1.82) is 0 Å². The van der Waals surface area contributed by atoms with Crippen LogP contribution in [0.1, 0.15) is 62.0 Å². The van der Waals surface area contributed by atoms with Crippen molar-refractivity contribution < 1.29 is 22.7 Å². The molecule has 3 aromatic rings. The van der Waals surface area contributed by atoms with Crippen molar-refractivity contribution in [2.24, 2.45) is 7.05 Å². The van der Waals surface area contributed by atoms with Gasteiger partial charge in [-0.3, -0.25) is 19.0 Å². The molecule has 220 valence electrons. The molecule has 1 heterocycles. The zero-order valence-corrected chi connectivity index (χ0v) is 25.2. The van der Waals surface area contributed by atoms with Crippen LogP contribution in [0.3, 0.4) is 0 Å². The molecule has 0 radical (unpaired) electrons. The lowest BCUT2D eigenvalue weighted by atomic mass is 9.94. The van der Waals surface area contributed by atoms with E-state index in [1.165, 1.54) is 23.7 Å². The molecule has 1 amide bonds. The molecular weight excluding hydrogens is 568 g/mol. The Kier molecular flexibility index (Phi) is 9.28. The lowest BCUT2D eigenvalue weighted by molar-refractivity contribution is -0.142. The molecule has 1 atom stereocenters. The van der Waals surface area contributed by atoms with E-state index in [9.17, 15) is 22.8 Å². The van der Waals surface area contributed by atoms with Crippen molar-refractivity contribution in [3.8, 4) is 5.69 Å². The van der Waals surface area contributed by atoms with Gasteiger partial charge in [0.15, 0.2) is 6.10 Å². The summed E-state index contributed by atoms with van der Waals surface area (Å²) in [6.07, 6.45) is 3.99. The summed E-state index contributed by atoms with van der Waals surface area (Å²) in [5, 5.41) is -0.0319. The van der Waals surface area contributed by atoms with E-state index < -0.39 is 27.7 Å². The highest BCUT2D eigenvalue weighted by Gasteiger charge is 2.31. The second-order valence-electron chi connectivity index (χ2n) is 10.1. The molecule has 0 bridgehead atoms. The first kappa shape index (κ1) is 30.4. The minimum atomic E-state index is -4.31. The van der Waals surface area contributed by atoms with Crippen LogP contribution in [-0.2, 0) is 26.6 Å². The number of nitrogens with zero attached hydrogens (tertiary/aromatic N) is 3. The first-order valence-corrected chi connectivity index (χ1v) is 15.5. The number of esters is 1. The maximum Gasteiger partial charge on any atom is 0.340 e. The standard InChI is InChI=1S/C29H35ClN4O6S/c1-5-33(21-12-8-6-9-13-21)27(35)20(3)40-29(37)24-18-23(16-17-25(24)30)41(38,39)31-26-19(2)32(4)34(28(26)36)22-14-10-7-11-15-22/h7,10-11,14-18,20-21,31H,5-6,8-9,12-13H2,1-4H3/t20-/m0/s1. The van der Waals surface area contributed by atoms with Gasteiger partial charge in [-0.25, -0.2) is 17.9 Å². The van der Waals surface area contributed by atoms with Gasteiger partial charge in [-0.2, -0.15) is 0 Å². The van der Waals surface area contributed by atoms with Gasteiger partial charge in [-0.1, -0.05) is 49.1 Å². The van der Waals surface area contributed by atoms with Gasteiger partial charge in [0.25, 0.3) is 21.5 Å². The monoisotopic (exact) mass is 602 g/mol. The van der Waals surface area contributed by atoms with E-state index in [1.54, 1.807) is 47.8 Å². The number of para-hydroxylation sites is 1. The van der Waals surface area contributed by atoms with Crippen molar-refractivity contribution in [3.05, 3.63) is 75.2 Å². The van der Waals surface area contributed by atoms with Gasteiger partial charge < -0.3 is 9.64 Å². The summed E-state index contributed by atoms with van der Waals surface area (Å²) in [7, 11) is -2.66. The van der Waals surface area contributed by atoms with Crippen LogP contribution in [0.25, 0.3) is 5.69 Å². The van der Waals surface area contributed by atoms with Gasteiger partial charge in [0.1, 0.15) is 5.69 Å². The van der Waals surface area contributed by atoms with E-state index in [0.717, 1.165) is 38.2 Å². The van der Waals surface area contributed by atoms with Crippen LogP contribution < -0.4 is 10.3 Å². The molecule has 4 rings (SSSR count). The van der Waals surface area contributed by atoms with Gasteiger partial charge >= 0.3 is 5.97 Å². The molecule has 0 spiro atoms. The third-order valence-corrected chi connectivity index (χ3v) is 9.21. The molecule has 1 N–H and O–H groups in total. The van der Waals surface area contributed by atoms with Crippen molar-refractivity contribution in [2.45, 2.75) is 69.9 Å². The van der Waals surface area contributed by atoms with Gasteiger partial charge in [0.05, 0.1) is 26.9 Å². The van der Waals surface area contributed by atoms with Gasteiger partial charge in [0, 0.05) is 19.6 Å². The number of aromatic nitrogens is 2. The molecule has 1 aromatic heterocycles. The number of sulfonamides is 1. The maximum absolute atomic E-state index is 13.4. The molecule has 2 aromatic carbocycles. The smallest absolute Gasteiger partial charge is 0.340 e. The minimum absolute atomic E-state index is 0.0319. The SMILES string of the molecule is CCN(C(=O)[C@H](C)OC(=O)c1cc(S(=O)(=O)Nc2c(C)n(C)n(-c3ccccc3)c2=O)ccc1Cl)C1CCCCC1. The highest BCUT2D eigenvalue weighted by molar-refractivity contribution is 7.92. The van der Waals surface area contributed by atoms with Crippen LogP contribution >= 0.6 is 11.6 Å². The molecule has 0 aliphatic heterocycles. The molecule has 0 saturated heterocycles. The summed E-state index contributed by atoms with van der Waals surface area (Å²) >= 11 is 6.25. The van der Waals surface area contributed by atoms with Crippen molar-refractivity contribution in [1.82, 2.24) is 14.3 Å². The van der Waals surface area contributed by atoms with Gasteiger partial charge in [-0.15, -0.1) is 0 Å². The molecule has 12 heteroatoms. The number of carbonyl (C=O) groups is 2. The Hall–Kier alpha value is -3.57. The second kappa shape index (κ2) is 12.5. The number of halogens is 1. The third kappa shape index (κ3) is 6.36. The van der Waals surface area contributed by atoms with E-state index in [4.69, 9.17) is 16.3 Å². The summed E-state index contributed by atoms with van der Waals surface area (Å²) in [5.41, 5.74) is 0.0678. The zero-order valence-electron chi connectivity index (χ0n) is 23.6. The first-order chi connectivity index (χ1) is 19.5. The predicted octanol–water partition coefficient (Wildman–Crippen LogP) is 4.67. The highest BCUT2D eigenvalue weighted by atomic mass is 35.5. The van der Waals surface area contributed by atoms with Crippen LogP contribution in [-0.4, -0.2) is 53.2 Å². The number of ether oxygens (including phenoxy) is 1. The van der Waals surface area contributed by atoms with Gasteiger partial charge in [0.2, 0.25) is 0 Å². The van der Waals surface area contributed by atoms with Crippen LogP contribution in [0.2, 0.25) is 5.02 Å². The lowest BCUT2D eigenvalue weighted by Gasteiger charge is -2.35. The normalized spacial score (nSPS) is 14.9. The Morgan fingerprint density at radius 2 is 1.78 bits per heavy atom. The molecule has 1 saturated carbocycles. The minimum Gasteiger partial charge on any atom is -0.449 e. The number of nitrogens with one attached hydrogen (secondary N) is 1. The predicted molar refractivity (Wildman–Crippen MR) is 157 cm³/mol. The summed E-state index contributed by atoms with van der Waals surface area (Å²) in [6.45, 7) is 5.51. The Labute approximate surface area is 244 Å². The first-order valence-electron chi connectivity index (χ1n) is 13.6. The largest absolute Gasteiger partial charge is 0.449 e. The Morgan fingerprint density at radius 3 is 2.41 bits per heavy atom. The van der Waals surface area contributed by atoms with E-state index in [0.29, 0.717) is 17.9 Å². The molecule has 1 fully saturated rings. The van der Waals surface area contributed by atoms with Crippen molar-refractivity contribution in [2.75, 3.05) is 11.3 Å². The average Bonchev–Trinajstić information content (AvgIpc) is 3.16. The summed E-state index contributed by atoms with van der Waals surface area (Å²) in [6, 6.07) is 12.5. The average molecular weight is 603 g/mol. The summed E-state index contributed by atoms with van der Waals surface area (Å²) in [4.78, 5) is 40.9. The highest BCUT2D eigenvalue weighted by Crippen LogP contribution is 2.26. The van der Waals surface area contributed by atoms with Crippen LogP contribution in [0.4, 0.5) is 5.69 Å². The molecule has 1 aliphatic rings. The number of amides is 1. The number of likely N-dealkylation sites (N-methyl/N-ethyl adjacent to an activating group) is 1. The number of carbonyl (C=O) groups excluding carboxylic acids is 2. The number of hydrogen-bond donors (Lipinski definition) is 1. The number of hydrogen-bond acceptors (Lipinski definition) is 6. The Balaban J connectivity index is 1.56. The number of benzene rings is 2. The van der Waals surface area contributed by atoms with E-state index in [1.807, 2.05) is 13.0 Å². The van der Waals surface area contributed by atoms with Crippen LogP contribution in [0.15, 0.2) is 58.2 Å². The van der Waals surface area contributed by atoms with Crippen molar-refractivity contribution >= 4 is 39.2 Å². The van der Waals surface area contributed by atoms with E-state index in [-0.39, 0.29) is 33.1 Å². The molecular formula is C29H35ClN4O6S. The topological polar surface area (TPSA) is 120 Å². The maximum atomic E-state index is 13.4. The van der Waals surface area contributed by atoms with Crippen molar-refractivity contribution in [3.63, 3.8) is 0 Å². The Morgan fingerprint density at radius 1 is 1.12 bits per heavy atom. The molecule has 41 heavy (non-hydrogen) atoms. The summed E-state index contributed by atoms with van der Waals surface area (Å²) in [5.74, 6) is -1.22. The fraction of sp³-hybridized carbons (Fsp3) is 0.414.